The lowest BCUT2D eigenvalue weighted by atomic mass is 10.1. The second kappa shape index (κ2) is 7.10. The number of halogens is 1. The quantitative estimate of drug-likeness (QED) is 0.539. The summed E-state index contributed by atoms with van der Waals surface area (Å²) in [6, 6.07) is 15.9. The number of rotatable bonds is 4. The molecule has 4 rings (SSSR count). The summed E-state index contributed by atoms with van der Waals surface area (Å²) in [6.07, 6.45) is 5.49. The molecule has 5 heteroatoms. The van der Waals surface area contributed by atoms with Crippen molar-refractivity contribution in [3.8, 4) is 11.3 Å². The van der Waals surface area contributed by atoms with Crippen LogP contribution in [-0.4, -0.2) is 15.0 Å². The fourth-order valence-electron chi connectivity index (χ4n) is 2.86. The van der Waals surface area contributed by atoms with E-state index in [4.69, 9.17) is 11.6 Å². The van der Waals surface area contributed by atoms with Crippen LogP contribution in [0, 0.1) is 6.92 Å². The molecule has 0 aliphatic carbocycles. The number of nitrogens with zero attached hydrogens (tertiary/aromatic N) is 3. The van der Waals surface area contributed by atoms with Gasteiger partial charge in [-0.05, 0) is 54.3 Å². The highest BCUT2D eigenvalue weighted by atomic mass is 35.5. The Morgan fingerprint density at radius 1 is 0.923 bits per heavy atom. The predicted molar refractivity (Wildman–Crippen MR) is 106 cm³/mol. The summed E-state index contributed by atoms with van der Waals surface area (Å²) in [4.78, 5) is 13.3. The SMILES string of the molecule is Cc1cc(-c2cc3ccnc(NCc4ccc(Cl)cc4)c3cn2)ccn1. The summed E-state index contributed by atoms with van der Waals surface area (Å²) < 4.78 is 0. The van der Waals surface area contributed by atoms with Crippen LogP contribution >= 0.6 is 11.6 Å². The van der Waals surface area contributed by atoms with Gasteiger partial charge in [0.05, 0.1) is 5.69 Å². The van der Waals surface area contributed by atoms with Crippen LogP contribution < -0.4 is 5.32 Å². The molecule has 0 spiro atoms. The first-order valence-electron chi connectivity index (χ1n) is 8.35. The molecular weight excluding hydrogens is 344 g/mol. The van der Waals surface area contributed by atoms with Gasteiger partial charge in [0.1, 0.15) is 5.82 Å². The van der Waals surface area contributed by atoms with Gasteiger partial charge in [-0.25, -0.2) is 4.98 Å². The monoisotopic (exact) mass is 360 g/mol. The zero-order valence-corrected chi connectivity index (χ0v) is 15.0. The highest BCUT2D eigenvalue weighted by Crippen LogP contribution is 2.26. The van der Waals surface area contributed by atoms with Crippen LogP contribution in [0.15, 0.2) is 67.1 Å². The number of anilines is 1. The molecule has 0 saturated heterocycles. The number of fused-ring (bicyclic) bond motifs is 1. The lowest BCUT2D eigenvalue weighted by Gasteiger charge is -2.10. The largest absolute Gasteiger partial charge is 0.365 e. The molecule has 26 heavy (non-hydrogen) atoms. The highest BCUT2D eigenvalue weighted by molar-refractivity contribution is 6.30. The van der Waals surface area contributed by atoms with Crippen LogP contribution in [0.1, 0.15) is 11.3 Å². The number of benzene rings is 1. The average Bonchev–Trinajstić information content (AvgIpc) is 2.67. The highest BCUT2D eigenvalue weighted by Gasteiger charge is 2.06. The molecule has 1 N–H and O–H groups in total. The number of aryl methyl sites for hydroxylation is 1. The number of hydrogen-bond acceptors (Lipinski definition) is 4. The van der Waals surface area contributed by atoms with Gasteiger partial charge < -0.3 is 5.32 Å². The second-order valence-corrected chi connectivity index (χ2v) is 6.55. The molecule has 0 aliphatic rings. The van der Waals surface area contributed by atoms with Crippen molar-refractivity contribution in [1.29, 1.82) is 0 Å². The third-order valence-electron chi connectivity index (χ3n) is 4.21. The van der Waals surface area contributed by atoms with Crippen LogP contribution in [0.3, 0.4) is 0 Å². The van der Waals surface area contributed by atoms with Crippen LogP contribution in [0.5, 0.6) is 0 Å². The number of aromatic nitrogens is 3. The molecule has 0 saturated carbocycles. The van der Waals surface area contributed by atoms with E-state index in [1.165, 1.54) is 0 Å². The van der Waals surface area contributed by atoms with E-state index in [1.807, 2.05) is 68.0 Å². The van der Waals surface area contributed by atoms with E-state index in [0.29, 0.717) is 6.54 Å². The van der Waals surface area contributed by atoms with Gasteiger partial charge in [-0.15, -0.1) is 0 Å². The summed E-state index contributed by atoms with van der Waals surface area (Å²) in [5.41, 5.74) is 4.11. The lowest BCUT2D eigenvalue weighted by Crippen LogP contribution is -2.02. The summed E-state index contributed by atoms with van der Waals surface area (Å²) in [5, 5.41) is 6.22. The Balaban J connectivity index is 1.63. The van der Waals surface area contributed by atoms with E-state index in [2.05, 4.69) is 26.3 Å². The molecular formula is C21H17ClN4. The van der Waals surface area contributed by atoms with Gasteiger partial charge in [0, 0.05) is 46.8 Å². The summed E-state index contributed by atoms with van der Waals surface area (Å²) in [7, 11) is 0. The van der Waals surface area contributed by atoms with Gasteiger partial charge in [0.2, 0.25) is 0 Å². The van der Waals surface area contributed by atoms with Gasteiger partial charge in [-0.2, -0.15) is 0 Å². The van der Waals surface area contributed by atoms with Gasteiger partial charge in [0.15, 0.2) is 0 Å². The molecule has 0 unspecified atom stereocenters. The van der Waals surface area contributed by atoms with Crippen molar-refractivity contribution in [3.05, 3.63) is 83.4 Å². The van der Waals surface area contributed by atoms with E-state index >= 15 is 0 Å². The molecule has 0 radical (unpaired) electrons. The molecule has 0 bridgehead atoms. The van der Waals surface area contributed by atoms with E-state index in [0.717, 1.165) is 44.1 Å². The maximum absolute atomic E-state index is 5.94. The van der Waals surface area contributed by atoms with Gasteiger partial charge in [-0.3, -0.25) is 9.97 Å². The molecule has 0 fully saturated rings. The van der Waals surface area contributed by atoms with Crippen molar-refractivity contribution in [2.24, 2.45) is 0 Å². The minimum Gasteiger partial charge on any atom is -0.365 e. The van der Waals surface area contributed by atoms with Gasteiger partial charge >= 0.3 is 0 Å². The third-order valence-corrected chi connectivity index (χ3v) is 4.47. The Hall–Kier alpha value is -2.98. The molecule has 1 aromatic carbocycles. The fraction of sp³-hybridized carbons (Fsp3) is 0.0952. The molecule has 0 amide bonds. The first kappa shape index (κ1) is 16.5. The second-order valence-electron chi connectivity index (χ2n) is 6.12. The number of hydrogen-bond donors (Lipinski definition) is 1. The number of nitrogens with one attached hydrogen (secondary N) is 1. The van der Waals surface area contributed by atoms with Gasteiger partial charge in [-0.1, -0.05) is 23.7 Å². The fourth-order valence-corrected chi connectivity index (χ4v) is 2.99. The Morgan fingerprint density at radius 3 is 2.54 bits per heavy atom. The van der Waals surface area contributed by atoms with E-state index in [1.54, 1.807) is 0 Å². The summed E-state index contributed by atoms with van der Waals surface area (Å²) in [5.74, 6) is 0.822. The van der Waals surface area contributed by atoms with Crippen LogP contribution in [0.2, 0.25) is 5.02 Å². The predicted octanol–water partition coefficient (Wildman–Crippen LogP) is 5.27. The Morgan fingerprint density at radius 2 is 1.73 bits per heavy atom. The van der Waals surface area contributed by atoms with E-state index < -0.39 is 0 Å². The average molecular weight is 361 g/mol. The van der Waals surface area contributed by atoms with Crippen molar-refractivity contribution in [2.45, 2.75) is 13.5 Å². The van der Waals surface area contributed by atoms with Gasteiger partial charge in [0.25, 0.3) is 0 Å². The maximum atomic E-state index is 5.94. The molecule has 0 atom stereocenters. The molecule has 3 heterocycles. The molecule has 4 nitrogen and oxygen atoms in total. The first-order chi connectivity index (χ1) is 12.7. The van der Waals surface area contributed by atoms with Crippen molar-refractivity contribution < 1.29 is 0 Å². The smallest absolute Gasteiger partial charge is 0.135 e. The molecule has 3 aromatic heterocycles. The standard InChI is InChI=1S/C21H17ClN4/c1-14-10-17(7-8-23-14)20-11-16-6-9-24-21(19(16)13-25-20)26-12-15-2-4-18(22)5-3-15/h2-11,13H,12H2,1H3,(H,24,26). The number of pyridine rings is 3. The molecule has 4 aromatic rings. The Kier molecular flexibility index (Phi) is 4.50. The topological polar surface area (TPSA) is 50.7 Å². The van der Waals surface area contributed by atoms with Crippen LogP contribution in [0.4, 0.5) is 5.82 Å². The lowest BCUT2D eigenvalue weighted by molar-refractivity contribution is 1.12. The minimum absolute atomic E-state index is 0.675. The van der Waals surface area contributed by atoms with E-state index in [-0.39, 0.29) is 0 Å². The van der Waals surface area contributed by atoms with Crippen LogP contribution in [0.25, 0.3) is 22.0 Å². The Labute approximate surface area is 156 Å². The zero-order valence-electron chi connectivity index (χ0n) is 14.3. The van der Waals surface area contributed by atoms with Crippen molar-refractivity contribution in [1.82, 2.24) is 15.0 Å². The third kappa shape index (κ3) is 3.51. The normalized spacial score (nSPS) is 10.8. The van der Waals surface area contributed by atoms with E-state index in [9.17, 15) is 0 Å². The first-order valence-corrected chi connectivity index (χ1v) is 8.73. The summed E-state index contributed by atoms with van der Waals surface area (Å²) >= 11 is 5.94. The minimum atomic E-state index is 0.675. The van der Waals surface area contributed by atoms with Crippen LogP contribution in [-0.2, 0) is 6.54 Å². The summed E-state index contributed by atoms with van der Waals surface area (Å²) in [6.45, 7) is 2.65. The van der Waals surface area contributed by atoms with Crippen molar-refractivity contribution in [3.63, 3.8) is 0 Å². The van der Waals surface area contributed by atoms with Crippen molar-refractivity contribution >= 4 is 28.2 Å². The van der Waals surface area contributed by atoms with Crippen molar-refractivity contribution in [2.75, 3.05) is 5.32 Å². The zero-order chi connectivity index (χ0) is 17.9. The molecule has 0 aliphatic heterocycles. The Bertz CT molecular complexity index is 1060. The maximum Gasteiger partial charge on any atom is 0.135 e. The molecule has 128 valence electrons.